The van der Waals surface area contributed by atoms with Crippen molar-refractivity contribution in [3.8, 4) is 0 Å². The van der Waals surface area contributed by atoms with E-state index in [0.29, 0.717) is 62.7 Å². The van der Waals surface area contributed by atoms with Gasteiger partial charge in [0.2, 0.25) is 11.8 Å². The summed E-state index contributed by atoms with van der Waals surface area (Å²) in [5.74, 6) is -4.20. The van der Waals surface area contributed by atoms with Gasteiger partial charge in [-0.15, -0.1) is 0 Å². The highest BCUT2D eigenvalue weighted by molar-refractivity contribution is 6.31. The summed E-state index contributed by atoms with van der Waals surface area (Å²) in [6, 6.07) is 7.60. The highest BCUT2D eigenvalue weighted by Gasteiger charge is 2.42. The Labute approximate surface area is 294 Å². The quantitative estimate of drug-likeness (QED) is 0.342. The zero-order chi connectivity index (χ0) is 37.8. The van der Waals surface area contributed by atoms with Crippen molar-refractivity contribution in [3.05, 3.63) is 63.9 Å². The minimum absolute atomic E-state index is 0.0190. The molecule has 2 aromatic rings. The molecule has 3 aliphatic heterocycles. The number of benzene rings is 2. The number of alkyl halides is 6. The third kappa shape index (κ3) is 10.3. The van der Waals surface area contributed by atoms with Crippen molar-refractivity contribution in [2.24, 2.45) is 17.8 Å². The first-order valence-electron chi connectivity index (χ1n) is 16.3. The summed E-state index contributed by atoms with van der Waals surface area (Å²) in [5, 5.41) is 7.71. The normalized spacial score (nSPS) is 19.7. The van der Waals surface area contributed by atoms with Gasteiger partial charge in [0.15, 0.2) is 0 Å². The number of halogens is 8. The summed E-state index contributed by atoms with van der Waals surface area (Å²) in [6.45, 7) is 8.11. The summed E-state index contributed by atoms with van der Waals surface area (Å²) >= 11 is 6.42. The van der Waals surface area contributed by atoms with Gasteiger partial charge in [0, 0.05) is 74.9 Å². The monoisotopic (exact) mass is 750 g/mol. The van der Waals surface area contributed by atoms with Gasteiger partial charge in [-0.2, -0.15) is 26.3 Å². The Morgan fingerprint density at radius 3 is 2.00 bits per heavy atom. The van der Waals surface area contributed by atoms with Gasteiger partial charge >= 0.3 is 18.3 Å². The number of rotatable bonds is 7. The van der Waals surface area contributed by atoms with Crippen LogP contribution in [0.25, 0.3) is 0 Å². The smallest absolute Gasteiger partial charge is 0.475 e. The number of aryl methyl sites for hydroxylation is 1. The van der Waals surface area contributed by atoms with E-state index in [0.717, 1.165) is 43.4 Å². The lowest BCUT2D eigenvalue weighted by molar-refractivity contribution is -0.192. The predicted molar refractivity (Wildman–Crippen MR) is 173 cm³/mol. The molecule has 0 bridgehead atoms. The van der Waals surface area contributed by atoms with Crippen molar-refractivity contribution in [2.75, 3.05) is 57.3 Å². The van der Waals surface area contributed by atoms with Gasteiger partial charge in [0.1, 0.15) is 5.82 Å². The average molecular weight is 751 g/mol. The van der Waals surface area contributed by atoms with Gasteiger partial charge in [0.25, 0.3) is 5.91 Å². The van der Waals surface area contributed by atoms with Crippen LogP contribution in [0.2, 0.25) is 5.02 Å². The molecule has 2 atom stereocenters. The number of carboxylic acid groups (broad SMARTS) is 1. The molecule has 5 rings (SSSR count). The highest BCUT2D eigenvalue weighted by Crippen LogP contribution is 2.34. The number of carboxylic acids is 1. The molecule has 3 saturated heterocycles. The second-order valence-corrected chi connectivity index (χ2v) is 13.5. The molecular weight excluding hydrogens is 713 g/mol. The van der Waals surface area contributed by atoms with E-state index < -0.39 is 35.6 Å². The van der Waals surface area contributed by atoms with Crippen molar-refractivity contribution < 1.29 is 55.0 Å². The molecule has 3 heterocycles. The van der Waals surface area contributed by atoms with Crippen molar-refractivity contribution in [1.29, 1.82) is 0 Å². The molecule has 3 amide bonds. The van der Waals surface area contributed by atoms with Crippen molar-refractivity contribution in [1.82, 2.24) is 14.7 Å². The number of fused-ring (bicyclic) bond motifs is 1. The van der Waals surface area contributed by atoms with E-state index >= 15 is 0 Å². The van der Waals surface area contributed by atoms with Gasteiger partial charge in [0.05, 0.1) is 5.56 Å². The Bertz CT molecular complexity index is 1600. The van der Waals surface area contributed by atoms with E-state index in [2.05, 4.69) is 4.90 Å². The highest BCUT2D eigenvalue weighted by atomic mass is 35.5. The SMILES string of the molecule is CC(=O)N1CCC(C(=O)N(CCCN2CC3CN(C(=O)c4cc(F)cc(C(F)(F)F)c4)CC3C2)c2ccc(C)c(Cl)c2)CC1.O=C(O)C(F)(F)F. The van der Waals surface area contributed by atoms with Crippen LogP contribution in [0.4, 0.5) is 36.4 Å². The number of hydrogen-bond donors (Lipinski definition) is 1. The Morgan fingerprint density at radius 2 is 1.49 bits per heavy atom. The van der Waals surface area contributed by atoms with E-state index in [1.165, 1.54) is 4.90 Å². The molecule has 2 aromatic carbocycles. The fraction of sp³-hybridized carbons (Fsp3) is 0.529. The molecule has 0 saturated carbocycles. The van der Waals surface area contributed by atoms with E-state index in [1.54, 1.807) is 11.8 Å². The number of aliphatic carboxylic acids is 1. The Kier molecular flexibility index (Phi) is 12.6. The molecule has 3 fully saturated rings. The first-order chi connectivity index (χ1) is 23.7. The van der Waals surface area contributed by atoms with Gasteiger partial charge in [-0.25, -0.2) is 9.18 Å². The molecular formula is C34H38ClF7N4O5. The van der Waals surface area contributed by atoms with Crippen LogP contribution in [-0.4, -0.2) is 102 Å². The van der Waals surface area contributed by atoms with Crippen LogP contribution >= 0.6 is 11.6 Å². The molecule has 51 heavy (non-hydrogen) atoms. The van der Waals surface area contributed by atoms with Crippen LogP contribution in [0.5, 0.6) is 0 Å². The molecule has 3 aliphatic rings. The van der Waals surface area contributed by atoms with Gasteiger partial charge in [-0.05, 0) is 80.5 Å². The summed E-state index contributed by atoms with van der Waals surface area (Å²) < 4.78 is 85.1. The molecule has 0 aromatic heterocycles. The molecule has 280 valence electrons. The summed E-state index contributed by atoms with van der Waals surface area (Å²) in [6.07, 6.45) is -7.87. The first-order valence-corrected chi connectivity index (χ1v) is 16.6. The Morgan fingerprint density at radius 1 is 0.902 bits per heavy atom. The Balaban J connectivity index is 0.000000755. The van der Waals surface area contributed by atoms with Crippen LogP contribution in [0.3, 0.4) is 0 Å². The summed E-state index contributed by atoms with van der Waals surface area (Å²) in [7, 11) is 0. The first kappa shape index (κ1) is 39.9. The molecule has 2 unspecified atom stereocenters. The number of amides is 3. The molecule has 0 aliphatic carbocycles. The van der Waals surface area contributed by atoms with E-state index in [-0.39, 0.29) is 35.1 Å². The fourth-order valence-electron chi connectivity index (χ4n) is 6.73. The lowest BCUT2D eigenvalue weighted by Crippen LogP contribution is -2.44. The number of anilines is 1. The van der Waals surface area contributed by atoms with Crippen molar-refractivity contribution in [3.63, 3.8) is 0 Å². The maximum Gasteiger partial charge on any atom is 0.490 e. The number of carbonyl (C=O) groups is 4. The van der Waals surface area contributed by atoms with Crippen molar-refractivity contribution >= 4 is 41.0 Å². The maximum absolute atomic E-state index is 13.9. The van der Waals surface area contributed by atoms with Gasteiger partial charge < -0.3 is 24.7 Å². The average Bonchev–Trinajstić information content (AvgIpc) is 3.62. The summed E-state index contributed by atoms with van der Waals surface area (Å²) in [5.41, 5.74) is 0.209. The van der Waals surface area contributed by atoms with E-state index in [1.807, 2.05) is 30.0 Å². The number of nitrogens with zero attached hydrogens (tertiary/aromatic N) is 4. The van der Waals surface area contributed by atoms with Crippen LogP contribution < -0.4 is 4.90 Å². The Hall–Kier alpha value is -3.92. The lowest BCUT2D eigenvalue weighted by Gasteiger charge is -2.34. The van der Waals surface area contributed by atoms with Crippen LogP contribution in [0, 0.1) is 30.5 Å². The van der Waals surface area contributed by atoms with E-state index in [9.17, 15) is 45.1 Å². The third-order valence-electron chi connectivity index (χ3n) is 9.44. The largest absolute Gasteiger partial charge is 0.490 e. The van der Waals surface area contributed by atoms with Crippen molar-refractivity contribution in [2.45, 2.75) is 45.5 Å². The number of hydrogen-bond acceptors (Lipinski definition) is 5. The zero-order valence-corrected chi connectivity index (χ0v) is 28.6. The van der Waals surface area contributed by atoms with E-state index in [4.69, 9.17) is 21.5 Å². The topological polar surface area (TPSA) is 101 Å². The fourth-order valence-corrected chi connectivity index (χ4v) is 6.90. The lowest BCUT2D eigenvalue weighted by atomic mass is 9.94. The van der Waals surface area contributed by atoms with Gasteiger partial charge in [-0.3, -0.25) is 14.4 Å². The third-order valence-corrected chi connectivity index (χ3v) is 9.85. The number of likely N-dealkylation sites (tertiary alicyclic amines) is 3. The zero-order valence-electron chi connectivity index (χ0n) is 27.9. The second-order valence-electron chi connectivity index (χ2n) is 13.1. The summed E-state index contributed by atoms with van der Waals surface area (Å²) in [4.78, 5) is 54.8. The maximum atomic E-state index is 13.9. The second kappa shape index (κ2) is 16.2. The van der Waals surface area contributed by atoms with Gasteiger partial charge in [-0.1, -0.05) is 17.7 Å². The van der Waals surface area contributed by atoms with Crippen LogP contribution in [-0.2, 0) is 20.6 Å². The minimum Gasteiger partial charge on any atom is -0.475 e. The number of carbonyl (C=O) groups excluding carboxylic acids is 3. The van der Waals surface area contributed by atoms with Crippen LogP contribution in [0.15, 0.2) is 36.4 Å². The standard InChI is InChI=1S/C32H37ClF4N4O3.C2HF3O2/c1-20-4-5-28(15-29(20)33)41(31(44)22-6-10-39(11-7-22)21(2)42)9-3-8-38-16-24-18-40(19-25(24)17-38)30(43)23-12-26(32(35,36)37)14-27(34)13-23;3-2(4,5)1(6)7/h4-5,12-15,22,24-25H,3,6-11,16-19H2,1-2H3;(H,6,7). The molecule has 0 radical (unpaired) electrons. The molecule has 1 N–H and O–H groups in total. The predicted octanol–water partition coefficient (Wildman–Crippen LogP) is 6.13. The molecule has 17 heteroatoms. The number of piperidine rings is 1. The molecule has 9 nitrogen and oxygen atoms in total. The molecule has 0 spiro atoms. The van der Waals surface area contributed by atoms with Crippen LogP contribution in [0.1, 0.15) is 47.7 Å². The minimum atomic E-state index is -5.08.